The van der Waals surface area contributed by atoms with Gasteiger partial charge in [-0.3, -0.25) is 19.3 Å². The summed E-state index contributed by atoms with van der Waals surface area (Å²) >= 11 is 0. The molecule has 0 saturated carbocycles. The van der Waals surface area contributed by atoms with Crippen LogP contribution < -0.4 is 0 Å². The van der Waals surface area contributed by atoms with E-state index in [1.165, 1.54) is 7.11 Å². The van der Waals surface area contributed by atoms with Gasteiger partial charge in [-0.15, -0.1) is 0 Å². The Morgan fingerprint density at radius 2 is 1.48 bits per heavy atom. The van der Waals surface area contributed by atoms with Crippen molar-refractivity contribution in [1.29, 1.82) is 0 Å². The van der Waals surface area contributed by atoms with Gasteiger partial charge < -0.3 is 29.8 Å². The van der Waals surface area contributed by atoms with Crippen molar-refractivity contribution in [2.24, 2.45) is 0 Å². The molecule has 1 aliphatic rings. The predicted octanol–water partition coefficient (Wildman–Crippen LogP) is -0.467. The number of nitrogens with zero attached hydrogens (tertiary/aromatic N) is 3. The summed E-state index contributed by atoms with van der Waals surface area (Å²) in [4.78, 5) is 16.1. The molecule has 4 atom stereocenters. The Hall–Kier alpha value is -0.910. The highest BCUT2D eigenvalue weighted by Crippen LogP contribution is 2.44. The van der Waals surface area contributed by atoms with Gasteiger partial charge in [-0.05, 0) is 18.1 Å². The monoisotopic (exact) mass is 489 g/mol. The van der Waals surface area contributed by atoms with E-state index in [0.29, 0.717) is 39.3 Å². The largest absolute Gasteiger partial charge is 0.395 e. The standard InChI is InChI=1S/C22H40N3O7P/c1-18(28)13-23-7-8-24(10-12-25(11-9-23)21(15-26)22(29)16-27)14-19-3-5-20(6-4-19)17-33(30,31)32-2/h3-6,18,21-22,26-29H,7-17H2,1-2H3,(H,30,31)/t18-,21+,22+/m0/s1. The Morgan fingerprint density at radius 1 is 0.939 bits per heavy atom. The topological polar surface area (TPSA) is 137 Å². The fourth-order valence-corrected chi connectivity index (χ4v) is 4.91. The van der Waals surface area contributed by atoms with Crippen molar-refractivity contribution in [3.05, 3.63) is 35.4 Å². The van der Waals surface area contributed by atoms with Gasteiger partial charge in [-0.25, -0.2) is 0 Å². The van der Waals surface area contributed by atoms with Gasteiger partial charge >= 0.3 is 7.60 Å². The summed E-state index contributed by atoms with van der Waals surface area (Å²) in [5, 5.41) is 39.3. The lowest BCUT2D eigenvalue weighted by Crippen LogP contribution is -2.51. The minimum atomic E-state index is -3.61. The van der Waals surface area contributed by atoms with Crippen molar-refractivity contribution >= 4 is 7.60 Å². The van der Waals surface area contributed by atoms with Crippen LogP contribution >= 0.6 is 7.60 Å². The number of aliphatic hydroxyl groups excluding tert-OH is 4. The smallest absolute Gasteiger partial charge is 0.332 e. The van der Waals surface area contributed by atoms with E-state index in [4.69, 9.17) is 0 Å². The van der Waals surface area contributed by atoms with Gasteiger partial charge in [-0.1, -0.05) is 24.3 Å². The highest BCUT2D eigenvalue weighted by atomic mass is 31.2. The normalized spacial score (nSPS) is 22.0. The predicted molar refractivity (Wildman–Crippen MR) is 126 cm³/mol. The summed E-state index contributed by atoms with van der Waals surface area (Å²) in [5.41, 5.74) is 1.79. The molecule has 1 aromatic rings. The van der Waals surface area contributed by atoms with Crippen LogP contribution in [-0.4, -0.2) is 124 Å². The average molecular weight is 490 g/mol. The summed E-state index contributed by atoms with van der Waals surface area (Å²) in [6.07, 6.45) is -1.53. The number of rotatable bonds is 11. The highest BCUT2D eigenvalue weighted by Gasteiger charge is 2.27. The van der Waals surface area contributed by atoms with Gasteiger partial charge in [0.25, 0.3) is 0 Å². The molecule has 0 amide bonds. The molecular weight excluding hydrogens is 449 g/mol. The van der Waals surface area contributed by atoms with E-state index in [2.05, 4.69) is 14.3 Å². The van der Waals surface area contributed by atoms with Crippen LogP contribution in [0.15, 0.2) is 24.3 Å². The molecule has 33 heavy (non-hydrogen) atoms. The number of aliphatic hydroxyl groups is 4. The molecule has 1 fully saturated rings. The Morgan fingerprint density at radius 3 is 2.03 bits per heavy atom. The molecule has 0 aromatic heterocycles. The first kappa shape index (κ1) is 28.3. The minimum absolute atomic E-state index is 0.0352. The molecule has 0 bridgehead atoms. The van der Waals surface area contributed by atoms with E-state index in [-0.39, 0.29) is 12.8 Å². The van der Waals surface area contributed by atoms with E-state index in [0.717, 1.165) is 24.2 Å². The van der Waals surface area contributed by atoms with Gasteiger partial charge in [0.1, 0.15) is 0 Å². The maximum Gasteiger partial charge on any atom is 0.332 e. The maximum atomic E-state index is 11.8. The zero-order chi connectivity index (χ0) is 24.4. The summed E-state index contributed by atoms with van der Waals surface area (Å²) in [6.45, 7) is 6.45. The third kappa shape index (κ3) is 9.70. The second kappa shape index (κ2) is 13.8. The zero-order valence-corrected chi connectivity index (χ0v) is 20.6. The number of β-amino-alcohol motifs (C(OH)–C–C–N with tert-alkyl or cyclic N) is 1. The molecule has 0 aliphatic carbocycles. The van der Waals surface area contributed by atoms with Crippen molar-refractivity contribution in [3.8, 4) is 0 Å². The average Bonchev–Trinajstić information content (AvgIpc) is 2.87. The molecule has 0 spiro atoms. The lowest BCUT2D eigenvalue weighted by atomic mass is 10.1. The molecule has 11 heteroatoms. The fraction of sp³-hybridized carbons (Fsp3) is 0.727. The molecule has 2 rings (SSSR count). The van der Waals surface area contributed by atoms with Crippen LogP contribution in [0.4, 0.5) is 0 Å². The zero-order valence-electron chi connectivity index (χ0n) is 19.7. The quantitative estimate of drug-likeness (QED) is 0.260. The second-order valence-corrected chi connectivity index (χ2v) is 10.7. The van der Waals surface area contributed by atoms with E-state index in [9.17, 15) is 29.9 Å². The van der Waals surface area contributed by atoms with E-state index in [1.807, 2.05) is 29.2 Å². The third-order valence-electron chi connectivity index (χ3n) is 6.05. The van der Waals surface area contributed by atoms with Crippen LogP contribution in [0.3, 0.4) is 0 Å². The van der Waals surface area contributed by atoms with Gasteiger partial charge in [0.05, 0.1) is 37.6 Å². The fourth-order valence-electron chi connectivity index (χ4n) is 4.11. The molecule has 0 radical (unpaired) electrons. The Bertz CT molecular complexity index is 737. The highest BCUT2D eigenvalue weighted by molar-refractivity contribution is 7.51. The van der Waals surface area contributed by atoms with Crippen molar-refractivity contribution in [2.75, 3.05) is 66.1 Å². The molecule has 10 nitrogen and oxygen atoms in total. The van der Waals surface area contributed by atoms with Gasteiger partial charge in [0, 0.05) is 59.5 Å². The summed E-state index contributed by atoms with van der Waals surface area (Å²) in [6, 6.07) is 6.99. The molecule has 1 aliphatic heterocycles. The van der Waals surface area contributed by atoms with Crippen LogP contribution in [0.5, 0.6) is 0 Å². The van der Waals surface area contributed by atoms with Crippen LogP contribution in [-0.2, 0) is 21.8 Å². The second-order valence-electron chi connectivity index (χ2n) is 8.76. The molecule has 1 heterocycles. The minimum Gasteiger partial charge on any atom is -0.395 e. The molecule has 1 aromatic carbocycles. The van der Waals surface area contributed by atoms with Crippen LogP contribution in [0, 0.1) is 0 Å². The van der Waals surface area contributed by atoms with Crippen molar-refractivity contribution in [3.63, 3.8) is 0 Å². The summed E-state index contributed by atoms with van der Waals surface area (Å²) in [5.74, 6) is 0. The SMILES string of the molecule is COP(=O)(O)Cc1ccc(CN2CCN(C[C@H](C)O)CCN([C@H](CO)[C@H](O)CO)CC2)cc1. The molecule has 1 saturated heterocycles. The van der Waals surface area contributed by atoms with Crippen LogP contribution in [0.2, 0.25) is 0 Å². The van der Waals surface area contributed by atoms with Crippen molar-refractivity contribution < 1.29 is 34.4 Å². The van der Waals surface area contributed by atoms with Crippen molar-refractivity contribution in [2.45, 2.75) is 37.9 Å². The van der Waals surface area contributed by atoms with Crippen LogP contribution in [0.25, 0.3) is 0 Å². The van der Waals surface area contributed by atoms with Gasteiger partial charge in [-0.2, -0.15) is 0 Å². The Labute approximate surface area is 196 Å². The number of benzene rings is 1. The first-order chi connectivity index (χ1) is 15.7. The van der Waals surface area contributed by atoms with Gasteiger partial charge in [0.2, 0.25) is 0 Å². The molecule has 5 N–H and O–H groups in total. The van der Waals surface area contributed by atoms with Crippen LogP contribution in [0.1, 0.15) is 18.1 Å². The molecular formula is C22H40N3O7P. The summed E-state index contributed by atoms with van der Waals surface area (Å²) in [7, 11) is -2.38. The number of hydrogen-bond donors (Lipinski definition) is 5. The van der Waals surface area contributed by atoms with E-state index >= 15 is 0 Å². The third-order valence-corrected chi connectivity index (χ3v) is 7.38. The van der Waals surface area contributed by atoms with Crippen molar-refractivity contribution in [1.82, 2.24) is 14.7 Å². The first-order valence-corrected chi connectivity index (χ1v) is 13.2. The maximum absolute atomic E-state index is 11.8. The molecule has 190 valence electrons. The van der Waals surface area contributed by atoms with E-state index < -0.39 is 32.5 Å². The lowest BCUT2D eigenvalue weighted by Gasteiger charge is -2.34. The lowest BCUT2D eigenvalue weighted by molar-refractivity contribution is -0.0169. The van der Waals surface area contributed by atoms with E-state index in [1.54, 1.807) is 6.92 Å². The van der Waals surface area contributed by atoms with Gasteiger partial charge in [0.15, 0.2) is 0 Å². The first-order valence-electron chi connectivity index (χ1n) is 11.4. The molecule has 1 unspecified atom stereocenters. The number of hydrogen-bond acceptors (Lipinski definition) is 9. The Balaban J connectivity index is 2.11. The Kier molecular flexibility index (Phi) is 11.9. The summed E-state index contributed by atoms with van der Waals surface area (Å²) < 4.78 is 16.4.